The van der Waals surface area contributed by atoms with Gasteiger partial charge < -0.3 is 30.1 Å². The summed E-state index contributed by atoms with van der Waals surface area (Å²) in [5, 5.41) is 18.3. The van der Waals surface area contributed by atoms with Gasteiger partial charge in [0, 0.05) is 37.5 Å². The molecule has 8 heteroatoms. The number of aromatic hydroxyl groups is 1. The van der Waals surface area contributed by atoms with Crippen LogP contribution in [0.4, 0.5) is 0 Å². The summed E-state index contributed by atoms with van der Waals surface area (Å²) in [4.78, 5) is 14.6. The summed E-state index contributed by atoms with van der Waals surface area (Å²) in [7, 11) is 2.96. The summed E-state index contributed by atoms with van der Waals surface area (Å²) in [6, 6.07) is 3.26. The lowest BCUT2D eigenvalue weighted by atomic mass is 10.1. The largest absolute Gasteiger partial charge is 0.507 e. The third-order valence-electron chi connectivity index (χ3n) is 3.68. The van der Waals surface area contributed by atoms with Crippen LogP contribution >= 0.6 is 11.8 Å². The third kappa shape index (κ3) is 4.96. The van der Waals surface area contributed by atoms with E-state index in [2.05, 4.69) is 24.5 Å². The first-order valence-electron chi connectivity index (χ1n) is 8.03. The van der Waals surface area contributed by atoms with Crippen LogP contribution in [0.15, 0.2) is 23.7 Å². The van der Waals surface area contributed by atoms with Crippen molar-refractivity contribution < 1.29 is 19.4 Å². The molecule has 1 aromatic carbocycles. The van der Waals surface area contributed by atoms with Gasteiger partial charge in [-0.15, -0.1) is 0 Å². The average Bonchev–Trinajstić information content (AvgIpc) is 3.01. The van der Waals surface area contributed by atoms with Crippen LogP contribution < -0.4 is 20.1 Å². The molecule has 1 aliphatic heterocycles. The van der Waals surface area contributed by atoms with E-state index in [1.807, 2.05) is 16.5 Å². The Hall–Kier alpha value is -2.06. The van der Waals surface area contributed by atoms with Crippen LogP contribution in [-0.4, -0.2) is 54.8 Å². The van der Waals surface area contributed by atoms with Crippen LogP contribution in [0.2, 0.25) is 0 Å². The van der Waals surface area contributed by atoms with E-state index in [1.54, 1.807) is 0 Å². The summed E-state index contributed by atoms with van der Waals surface area (Å²) < 4.78 is 10.3. The highest BCUT2D eigenvalue weighted by molar-refractivity contribution is 8.02. The SMILES string of the molecule is COc1cc(O)c(C(=O)NC2SC=CN2CCNC(C)C)cc1OC. The molecule has 25 heavy (non-hydrogen) atoms. The lowest BCUT2D eigenvalue weighted by Crippen LogP contribution is -2.44. The number of nitrogens with zero attached hydrogens (tertiary/aromatic N) is 1. The van der Waals surface area contributed by atoms with Gasteiger partial charge >= 0.3 is 0 Å². The van der Waals surface area contributed by atoms with Gasteiger partial charge in [0.05, 0.1) is 19.8 Å². The fourth-order valence-electron chi connectivity index (χ4n) is 2.38. The molecular formula is C17H25N3O4S. The van der Waals surface area contributed by atoms with Crippen molar-refractivity contribution in [2.45, 2.75) is 25.4 Å². The average molecular weight is 367 g/mol. The molecule has 0 saturated carbocycles. The Morgan fingerprint density at radius 3 is 2.64 bits per heavy atom. The molecule has 1 aromatic rings. The first kappa shape index (κ1) is 19.3. The number of benzene rings is 1. The monoisotopic (exact) mass is 367 g/mol. The predicted molar refractivity (Wildman–Crippen MR) is 99.0 cm³/mol. The number of phenolic OH excluding ortho intramolecular Hbond substituents is 1. The van der Waals surface area contributed by atoms with Crippen molar-refractivity contribution in [2.75, 3.05) is 27.3 Å². The first-order valence-corrected chi connectivity index (χ1v) is 8.97. The molecule has 0 spiro atoms. The fourth-order valence-corrected chi connectivity index (χ4v) is 3.26. The summed E-state index contributed by atoms with van der Waals surface area (Å²) in [6.45, 7) is 5.77. The van der Waals surface area contributed by atoms with Crippen molar-refractivity contribution >= 4 is 17.7 Å². The van der Waals surface area contributed by atoms with E-state index in [0.29, 0.717) is 17.5 Å². The number of methoxy groups -OCH3 is 2. The van der Waals surface area contributed by atoms with Gasteiger partial charge in [0.25, 0.3) is 5.91 Å². The lowest BCUT2D eigenvalue weighted by molar-refractivity contribution is 0.0923. The van der Waals surface area contributed by atoms with Gasteiger partial charge in [-0.1, -0.05) is 25.6 Å². The van der Waals surface area contributed by atoms with E-state index in [1.165, 1.54) is 38.1 Å². The number of hydrogen-bond donors (Lipinski definition) is 3. The summed E-state index contributed by atoms with van der Waals surface area (Å²) in [5.41, 5.74) is -0.0700. The minimum absolute atomic E-state index is 0.144. The van der Waals surface area contributed by atoms with Crippen molar-refractivity contribution in [1.82, 2.24) is 15.5 Å². The molecule has 0 fully saturated rings. The van der Waals surface area contributed by atoms with E-state index < -0.39 is 0 Å². The zero-order valence-corrected chi connectivity index (χ0v) is 15.7. The number of hydrogen-bond acceptors (Lipinski definition) is 7. The smallest absolute Gasteiger partial charge is 0.257 e. The van der Waals surface area contributed by atoms with Gasteiger partial charge in [-0.3, -0.25) is 4.79 Å². The number of ether oxygens (including phenoxy) is 2. The van der Waals surface area contributed by atoms with Gasteiger partial charge in [-0.25, -0.2) is 0 Å². The number of phenols is 1. The maximum absolute atomic E-state index is 12.6. The maximum Gasteiger partial charge on any atom is 0.257 e. The third-order valence-corrected chi connectivity index (χ3v) is 4.61. The lowest BCUT2D eigenvalue weighted by Gasteiger charge is -2.26. The Bertz CT molecular complexity index is 637. The van der Waals surface area contributed by atoms with Crippen LogP contribution in [0.25, 0.3) is 0 Å². The Balaban J connectivity index is 2.03. The summed E-state index contributed by atoms with van der Waals surface area (Å²) in [5.74, 6) is 0.232. The normalized spacial score (nSPS) is 16.4. The molecule has 0 aliphatic carbocycles. The highest BCUT2D eigenvalue weighted by Crippen LogP contribution is 2.34. The molecule has 3 N–H and O–H groups in total. The quantitative estimate of drug-likeness (QED) is 0.648. The van der Waals surface area contributed by atoms with E-state index >= 15 is 0 Å². The number of carbonyl (C=O) groups excluding carboxylic acids is 1. The van der Waals surface area contributed by atoms with Crippen molar-refractivity contribution in [3.63, 3.8) is 0 Å². The molecule has 1 heterocycles. The number of amides is 1. The minimum atomic E-state index is -0.374. The number of thioether (sulfide) groups is 1. The molecule has 1 aliphatic rings. The molecule has 0 radical (unpaired) electrons. The second-order valence-electron chi connectivity index (χ2n) is 5.82. The molecule has 0 aromatic heterocycles. The molecule has 1 amide bonds. The zero-order valence-electron chi connectivity index (χ0n) is 14.9. The van der Waals surface area contributed by atoms with Crippen molar-refractivity contribution in [2.24, 2.45) is 0 Å². The molecule has 0 saturated heterocycles. The van der Waals surface area contributed by atoms with Crippen molar-refractivity contribution in [3.8, 4) is 17.2 Å². The highest BCUT2D eigenvalue weighted by atomic mass is 32.2. The van der Waals surface area contributed by atoms with Crippen LogP contribution in [0, 0.1) is 0 Å². The van der Waals surface area contributed by atoms with Crippen molar-refractivity contribution in [1.29, 1.82) is 0 Å². The van der Waals surface area contributed by atoms with Gasteiger partial charge in [0.1, 0.15) is 5.75 Å². The topological polar surface area (TPSA) is 83.1 Å². The Kier molecular flexibility index (Phi) is 6.83. The second-order valence-corrected chi connectivity index (χ2v) is 6.81. The van der Waals surface area contributed by atoms with E-state index in [0.717, 1.165) is 13.1 Å². The van der Waals surface area contributed by atoms with E-state index in [-0.39, 0.29) is 22.7 Å². The van der Waals surface area contributed by atoms with Gasteiger partial charge in [0.2, 0.25) is 0 Å². The Morgan fingerprint density at radius 2 is 2.00 bits per heavy atom. The molecule has 0 bridgehead atoms. The molecule has 1 unspecified atom stereocenters. The number of nitrogens with one attached hydrogen (secondary N) is 2. The Morgan fingerprint density at radius 1 is 1.32 bits per heavy atom. The Labute approximate surface area is 152 Å². The highest BCUT2D eigenvalue weighted by Gasteiger charge is 2.24. The molecule has 2 rings (SSSR count). The molecule has 1 atom stereocenters. The summed E-state index contributed by atoms with van der Waals surface area (Å²) in [6.07, 6.45) is 1.95. The molecular weight excluding hydrogens is 342 g/mol. The summed E-state index contributed by atoms with van der Waals surface area (Å²) >= 11 is 1.50. The van der Waals surface area contributed by atoms with Crippen LogP contribution in [0.3, 0.4) is 0 Å². The van der Waals surface area contributed by atoms with Crippen LogP contribution in [0.5, 0.6) is 17.2 Å². The van der Waals surface area contributed by atoms with Gasteiger partial charge in [-0.2, -0.15) is 0 Å². The number of carbonyl (C=O) groups is 1. The first-order chi connectivity index (χ1) is 12.0. The van der Waals surface area contributed by atoms with Crippen LogP contribution in [-0.2, 0) is 0 Å². The standard InChI is InChI=1S/C17H25N3O4S/c1-11(2)18-5-6-20-7-8-25-17(20)19-16(22)12-9-14(23-3)15(24-4)10-13(12)21/h7-11,17-18,21H,5-6H2,1-4H3,(H,19,22). The van der Waals surface area contributed by atoms with Gasteiger partial charge in [-0.05, 0) is 5.41 Å². The minimum Gasteiger partial charge on any atom is -0.507 e. The zero-order chi connectivity index (χ0) is 18.4. The second kappa shape index (κ2) is 8.87. The fraction of sp³-hybridized carbons (Fsp3) is 0.471. The van der Waals surface area contributed by atoms with E-state index in [9.17, 15) is 9.90 Å². The molecule has 138 valence electrons. The molecule has 7 nitrogen and oxygen atoms in total. The van der Waals surface area contributed by atoms with E-state index in [4.69, 9.17) is 9.47 Å². The van der Waals surface area contributed by atoms with Crippen LogP contribution in [0.1, 0.15) is 24.2 Å². The van der Waals surface area contributed by atoms with Gasteiger partial charge in [0.15, 0.2) is 17.0 Å². The van der Waals surface area contributed by atoms with Crippen molar-refractivity contribution in [3.05, 3.63) is 29.3 Å². The maximum atomic E-state index is 12.6. The number of rotatable bonds is 8. The predicted octanol–water partition coefficient (Wildman–Crippen LogP) is 1.94.